The summed E-state index contributed by atoms with van der Waals surface area (Å²) in [5, 5.41) is 5.26. The van der Waals surface area contributed by atoms with E-state index in [1.165, 1.54) is 6.42 Å². The minimum Gasteiger partial charge on any atom is -0.336 e. The number of carbonyl (C=O) groups is 1. The molecule has 5 heteroatoms. The van der Waals surface area contributed by atoms with E-state index < -0.39 is 0 Å². The van der Waals surface area contributed by atoms with E-state index in [4.69, 9.17) is 0 Å². The van der Waals surface area contributed by atoms with Crippen molar-refractivity contribution in [3.8, 4) is 0 Å². The van der Waals surface area contributed by atoms with Gasteiger partial charge in [0.2, 0.25) is 0 Å². The SMILES string of the molecule is Cc1cc(C(=O)N2CCCC[C@H]2CCn2cccn2)c2cccc(C)c2n1. The number of hydrogen-bond donors (Lipinski definition) is 0. The predicted molar refractivity (Wildman–Crippen MR) is 107 cm³/mol. The lowest BCUT2D eigenvalue weighted by molar-refractivity contribution is 0.0596. The highest BCUT2D eigenvalue weighted by Crippen LogP contribution is 2.27. The number of nitrogens with zero attached hydrogens (tertiary/aromatic N) is 4. The van der Waals surface area contributed by atoms with Crippen molar-refractivity contribution in [2.24, 2.45) is 0 Å². The van der Waals surface area contributed by atoms with Gasteiger partial charge in [0.25, 0.3) is 5.91 Å². The summed E-state index contributed by atoms with van der Waals surface area (Å²) >= 11 is 0. The average Bonchev–Trinajstić information content (AvgIpc) is 3.20. The maximum atomic E-state index is 13.5. The molecule has 0 spiro atoms. The Hall–Kier alpha value is -2.69. The van der Waals surface area contributed by atoms with E-state index in [-0.39, 0.29) is 11.9 Å². The molecule has 0 unspecified atom stereocenters. The summed E-state index contributed by atoms with van der Waals surface area (Å²) in [5.41, 5.74) is 3.72. The predicted octanol–water partition coefficient (Wildman–Crippen LogP) is 4.13. The molecule has 2 aromatic heterocycles. The maximum Gasteiger partial charge on any atom is 0.254 e. The third kappa shape index (κ3) is 3.59. The summed E-state index contributed by atoms with van der Waals surface area (Å²) in [6.07, 6.45) is 8.05. The van der Waals surface area contributed by atoms with Crippen LogP contribution in [-0.2, 0) is 6.54 Å². The van der Waals surface area contributed by atoms with Crippen molar-refractivity contribution >= 4 is 16.8 Å². The Morgan fingerprint density at radius 1 is 1.22 bits per heavy atom. The summed E-state index contributed by atoms with van der Waals surface area (Å²) in [6.45, 7) is 5.69. The zero-order chi connectivity index (χ0) is 18.8. The molecular formula is C22H26N4O. The Labute approximate surface area is 160 Å². The van der Waals surface area contributed by atoms with Crippen molar-refractivity contribution in [3.63, 3.8) is 0 Å². The van der Waals surface area contributed by atoms with E-state index in [0.717, 1.165) is 60.1 Å². The van der Waals surface area contributed by atoms with Gasteiger partial charge in [-0.05, 0) is 57.2 Å². The number of aromatic nitrogens is 3. The van der Waals surface area contributed by atoms with Crippen LogP contribution in [0.3, 0.4) is 0 Å². The molecule has 1 atom stereocenters. The highest BCUT2D eigenvalue weighted by molar-refractivity contribution is 6.07. The second-order valence-electron chi connectivity index (χ2n) is 7.49. The van der Waals surface area contributed by atoms with Crippen LogP contribution in [0.25, 0.3) is 10.9 Å². The zero-order valence-electron chi connectivity index (χ0n) is 16.1. The van der Waals surface area contributed by atoms with Gasteiger partial charge in [0.15, 0.2) is 0 Å². The van der Waals surface area contributed by atoms with Gasteiger partial charge in [-0.15, -0.1) is 0 Å². The Kier molecular flexibility index (Phi) is 4.92. The van der Waals surface area contributed by atoms with Gasteiger partial charge in [-0.25, -0.2) is 0 Å². The van der Waals surface area contributed by atoms with E-state index in [2.05, 4.69) is 28.0 Å². The second kappa shape index (κ2) is 7.51. The number of fused-ring (bicyclic) bond motifs is 1. The third-order valence-corrected chi connectivity index (χ3v) is 5.54. The molecule has 0 radical (unpaired) electrons. The third-order valence-electron chi connectivity index (χ3n) is 5.54. The molecule has 4 rings (SSSR count). The van der Waals surface area contributed by atoms with Crippen LogP contribution in [0, 0.1) is 13.8 Å². The van der Waals surface area contributed by atoms with Gasteiger partial charge in [-0.3, -0.25) is 14.5 Å². The van der Waals surface area contributed by atoms with E-state index in [0.29, 0.717) is 0 Å². The number of carbonyl (C=O) groups excluding carboxylic acids is 1. The molecule has 0 aliphatic carbocycles. The number of piperidine rings is 1. The monoisotopic (exact) mass is 362 g/mol. The summed E-state index contributed by atoms with van der Waals surface area (Å²) in [4.78, 5) is 20.3. The lowest BCUT2D eigenvalue weighted by Crippen LogP contribution is -2.44. The zero-order valence-corrected chi connectivity index (χ0v) is 16.1. The van der Waals surface area contributed by atoms with Gasteiger partial charge in [-0.2, -0.15) is 5.10 Å². The smallest absolute Gasteiger partial charge is 0.254 e. The van der Waals surface area contributed by atoms with E-state index in [9.17, 15) is 4.79 Å². The van der Waals surface area contributed by atoms with Crippen molar-refractivity contribution in [2.45, 2.75) is 52.1 Å². The molecule has 1 aromatic carbocycles. The first kappa shape index (κ1) is 17.7. The van der Waals surface area contributed by atoms with Gasteiger partial charge in [0.05, 0.1) is 11.1 Å². The largest absolute Gasteiger partial charge is 0.336 e. The minimum absolute atomic E-state index is 0.140. The van der Waals surface area contributed by atoms with E-state index in [1.54, 1.807) is 6.20 Å². The van der Waals surface area contributed by atoms with Crippen LogP contribution in [0.1, 0.15) is 47.3 Å². The lowest BCUT2D eigenvalue weighted by Gasteiger charge is -2.36. The topological polar surface area (TPSA) is 51.0 Å². The number of para-hydroxylation sites is 1. The molecule has 1 fully saturated rings. The van der Waals surface area contributed by atoms with Gasteiger partial charge < -0.3 is 4.90 Å². The molecule has 5 nitrogen and oxygen atoms in total. The first-order valence-electron chi connectivity index (χ1n) is 9.79. The number of rotatable bonds is 4. The van der Waals surface area contributed by atoms with E-state index >= 15 is 0 Å². The number of likely N-dealkylation sites (tertiary alicyclic amines) is 1. The van der Waals surface area contributed by atoms with Crippen molar-refractivity contribution in [1.29, 1.82) is 0 Å². The summed E-state index contributed by atoms with van der Waals surface area (Å²) in [7, 11) is 0. The number of aryl methyl sites for hydroxylation is 3. The van der Waals surface area contributed by atoms with E-state index in [1.807, 2.05) is 42.1 Å². The van der Waals surface area contributed by atoms with Crippen LogP contribution in [0.5, 0.6) is 0 Å². The summed E-state index contributed by atoms with van der Waals surface area (Å²) in [5.74, 6) is 0.140. The van der Waals surface area contributed by atoms with Crippen molar-refractivity contribution < 1.29 is 4.79 Å². The van der Waals surface area contributed by atoms with Crippen LogP contribution < -0.4 is 0 Å². The van der Waals surface area contributed by atoms with Gasteiger partial charge in [0, 0.05) is 42.6 Å². The molecule has 140 valence electrons. The minimum atomic E-state index is 0.140. The molecule has 0 N–H and O–H groups in total. The quantitative estimate of drug-likeness (QED) is 0.701. The molecule has 1 aliphatic rings. The standard InChI is InChI=1S/C22H26N4O/c1-16-7-5-9-19-20(15-17(2)24-21(16)19)22(27)26-13-4-3-8-18(26)10-14-25-12-6-11-23-25/h5-7,9,11-12,15,18H,3-4,8,10,13-14H2,1-2H3/t18-/m0/s1. The fourth-order valence-electron chi connectivity index (χ4n) is 4.13. The molecule has 1 aliphatic heterocycles. The number of hydrogen-bond acceptors (Lipinski definition) is 3. The van der Waals surface area contributed by atoms with Crippen LogP contribution in [-0.4, -0.2) is 38.2 Å². The first-order valence-corrected chi connectivity index (χ1v) is 9.79. The lowest BCUT2D eigenvalue weighted by atomic mass is 9.96. The summed E-state index contributed by atoms with van der Waals surface area (Å²) in [6, 6.07) is 10.2. The van der Waals surface area contributed by atoms with Gasteiger partial charge in [0.1, 0.15) is 0 Å². The summed E-state index contributed by atoms with van der Waals surface area (Å²) < 4.78 is 1.95. The molecule has 1 saturated heterocycles. The Bertz CT molecular complexity index is 948. The molecule has 3 aromatic rings. The normalized spacial score (nSPS) is 17.4. The van der Waals surface area contributed by atoms with Crippen LogP contribution >= 0.6 is 0 Å². The highest BCUT2D eigenvalue weighted by Gasteiger charge is 2.28. The fraction of sp³-hybridized carbons (Fsp3) is 0.409. The molecule has 3 heterocycles. The second-order valence-corrected chi connectivity index (χ2v) is 7.49. The Balaban J connectivity index is 1.64. The van der Waals surface area contributed by atoms with Gasteiger partial charge in [-0.1, -0.05) is 18.2 Å². The Morgan fingerprint density at radius 3 is 2.93 bits per heavy atom. The van der Waals surface area contributed by atoms with Crippen LogP contribution in [0.15, 0.2) is 42.7 Å². The van der Waals surface area contributed by atoms with Crippen molar-refractivity contribution in [3.05, 3.63) is 59.5 Å². The van der Waals surface area contributed by atoms with Gasteiger partial charge >= 0.3 is 0 Å². The van der Waals surface area contributed by atoms with Crippen molar-refractivity contribution in [2.75, 3.05) is 6.54 Å². The Morgan fingerprint density at radius 2 is 2.11 bits per heavy atom. The number of amides is 1. The highest BCUT2D eigenvalue weighted by atomic mass is 16.2. The molecule has 27 heavy (non-hydrogen) atoms. The molecule has 0 saturated carbocycles. The van der Waals surface area contributed by atoms with Crippen molar-refractivity contribution in [1.82, 2.24) is 19.7 Å². The molecule has 0 bridgehead atoms. The average molecular weight is 362 g/mol. The number of pyridine rings is 1. The fourth-order valence-corrected chi connectivity index (χ4v) is 4.13. The van der Waals surface area contributed by atoms with Crippen LogP contribution in [0.4, 0.5) is 0 Å². The van der Waals surface area contributed by atoms with Crippen LogP contribution in [0.2, 0.25) is 0 Å². The first-order chi connectivity index (χ1) is 13.1. The number of benzene rings is 1. The maximum absolute atomic E-state index is 13.5. The molecular weight excluding hydrogens is 336 g/mol. The molecule has 1 amide bonds.